The maximum atomic E-state index is 12.5. The molecule has 0 spiro atoms. The molecule has 2 heterocycles. The van der Waals surface area contributed by atoms with E-state index in [1.54, 1.807) is 47.0 Å². The van der Waals surface area contributed by atoms with Crippen molar-refractivity contribution in [3.8, 4) is 17.2 Å². The Kier molecular flexibility index (Phi) is 5.78. The van der Waals surface area contributed by atoms with Crippen molar-refractivity contribution >= 4 is 23.5 Å². The van der Waals surface area contributed by atoms with Gasteiger partial charge >= 0.3 is 11.9 Å². The number of aromatic nitrogens is 1. The van der Waals surface area contributed by atoms with Crippen LogP contribution in [-0.4, -0.2) is 48.8 Å². The monoisotopic (exact) mass is 450 g/mol. The number of anilines is 1. The van der Waals surface area contributed by atoms with Gasteiger partial charge in [0.2, 0.25) is 5.91 Å². The summed E-state index contributed by atoms with van der Waals surface area (Å²) in [4.78, 5) is 36.4. The minimum absolute atomic E-state index is 0.0425. The molecule has 0 radical (unpaired) electrons. The summed E-state index contributed by atoms with van der Waals surface area (Å²) in [7, 11) is 4.35. The molecule has 0 saturated heterocycles. The second kappa shape index (κ2) is 8.70. The zero-order valence-electron chi connectivity index (χ0n) is 18.2. The predicted octanol–water partition coefficient (Wildman–Crippen LogP) is 3.45. The van der Waals surface area contributed by atoms with E-state index in [0.29, 0.717) is 28.4 Å². The Morgan fingerprint density at radius 2 is 1.79 bits per heavy atom. The lowest BCUT2D eigenvalue weighted by molar-refractivity contribution is -0.116. The average molecular weight is 450 g/mol. The molecule has 9 heteroatoms. The number of carbonyl (C=O) groups is 3. The summed E-state index contributed by atoms with van der Waals surface area (Å²) in [6, 6.07) is 11.9. The second-order valence-corrected chi connectivity index (χ2v) is 7.43. The summed E-state index contributed by atoms with van der Waals surface area (Å²) in [6.45, 7) is 0. The van der Waals surface area contributed by atoms with Crippen LogP contribution in [0.4, 0.5) is 5.69 Å². The number of carboxylic acid groups (broad SMARTS) is 1. The summed E-state index contributed by atoms with van der Waals surface area (Å²) < 4.78 is 17.3. The van der Waals surface area contributed by atoms with E-state index in [9.17, 15) is 19.5 Å². The number of amides is 1. The first-order valence-electron chi connectivity index (χ1n) is 10.1. The van der Waals surface area contributed by atoms with E-state index >= 15 is 0 Å². The molecular formula is C24H22N2O7. The first kappa shape index (κ1) is 21.9. The van der Waals surface area contributed by atoms with Crippen LogP contribution in [0.15, 0.2) is 48.7 Å². The Morgan fingerprint density at radius 3 is 2.39 bits per heavy atom. The van der Waals surface area contributed by atoms with E-state index in [0.717, 1.165) is 5.56 Å². The molecule has 0 bridgehead atoms. The summed E-state index contributed by atoms with van der Waals surface area (Å²) in [6.07, 6.45) is 1.56. The van der Waals surface area contributed by atoms with Gasteiger partial charge in [-0.1, -0.05) is 12.1 Å². The van der Waals surface area contributed by atoms with Gasteiger partial charge in [0.25, 0.3) is 0 Å². The fraction of sp³-hybridized carbons (Fsp3) is 0.208. The number of carbonyl (C=O) groups excluding carboxylic acids is 2. The lowest BCUT2D eigenvalue weighted by atomic mass is 9.87. The Balaban J connectivity index is 1.94. The minimum Gasteiger partial charge on any atom is -0.497 e. The van der Waals surface area contributed by atoms with Gasteiger partial charge in [-0.15, -0.1) is 0 Å². The van der Waals surface area contributed by atoms with Crippen molar-refractivity contribution in [1.29, 1.82) is 0 Å². The first-order chi connectivity index (χ1) is 15.9. The van der Waals surface area contributed by atoms with E-state index in [1.807, 2.05) is 0 Å². The number of rotatable bonds is 6. The van der Waals surface area contributed by atoms with Gasteiger partial charge in [0.15, 0.2) is 0 Å². The van der Waals surface area contributed by atoms with Crippen molar-refractivity contribution in [1.82, 2.24) is 4.57 Å². The lowest BCUT2D eigenvalue weighted by Crippen LogP contribution is -2.25. The van der Waals surface area contributed by atoms with Crippen LogP contribution < -0.4 is 14.8 Å². The molecule has 170 valence electrons. The number of hydrogen-bond donors (Lipinski definition) is 2. The van der Waals surface area contributed by atoms with Crippen LogP contribution >= 0.6 is 0 Å². The average Bonchev–Trinajstić information content (AvgIpc) is 3.22. The molecule has 2 N–H and O–H groups in total. The van der Waals surface area contributed by atoms with Crippen LogP contribution in [-0.2, 0) is 9.53 Å². The van der Waals surface area contributed by atoms with E-state index in [4.69, 9.17) is 14.2 Å². The van der Waals surface area contributed by atoms with Gasteiger partial charge in [0.1, 0.15) is 17.1 Å². The lowest BCUT2D eigenvalue weighted by Gasteiger charge is -2.27. The number of hydrogen-bond acceptors (Lipinski definition) is 6. The van der Waals surface area contributed by atoms with Crippen LogP contribution in [0.3, 0.4) is 0 Å². The molecule has 33 heavy (non-hydrogen) atoms. The highest BCUT2D eigenvalue weighted by Gasteiger charge is 2.35. The van der Waals surface area contributed by atoms with E-state index in [1.165, 1.54) is 27.5 Å². The first-order valence-corrected chi connectivity index (χ1v) is 10.1. The summed E-state index contributed by atoms with van der Waals surface area (Å²) in [5.41, 5.74) is 2.46. The number of aromatic carboxylic acids is 1. The van der Waals surface area contributed by atoms with Gasteiger partial charge < -0.3 is 29.2 Å². The molecule has 1 atom stereocenters. The number of fused-ring (bicyclic) bond motifs is 1. The van der Waals surface area contributed by atoms with Crippen molar-refractivity contribution in [2.24, 2.45) is 0 Å². The van der Waals surface area contributed by atoms with Gasteiger partial charge in [0.05, 0.1) is 44.0 Å². The van der Waals surface area contributed by atoms with E-state index in [-0.39, 0.29) is 23.6 Å². The summed E-state index contributed by atoms with van der Waals surface area (Å²) in [5.74, 6) is -1.35. The molecule has 1 aromatic heterocycles. The van der Waals surface area contributed by atoms with Gasteiger partial charge in [-0.25, -0.2) is 9.59 Å². The molecule has 0 unspecified atom stereocenters. The molecule has 0 aliphatic carbocycles. The van der Waals surface area contributed by atoms with E-state index in [2.05, 4.69) is 5.32 Å². The van der Waals surface area contributed by atoms with Gasteiger partial charge in [-0.3, -0.25) is 4.79 Å². The predicted molar refractivity (Wildman–Crippen MR) is 119 cm³/mol. The normalized spacial score (nSPS) is 14.8. The molecule has 4 rings (SSSR count). The fourth-order valence-electron chi connectivity index (χ4n) is 4.06. The van der Waals surface area contributed by atoms with Crippen LogP contribution in [0.1, 0.15) is 44.3 Å². The SMILES string of the molecule is COC(=O)c1ccc([C@H]2CC(=O)Nc3c(C(=O)O)cn(-c4cc(OC)ccc4OC)c32)cc1. The molecule has 1 amide bonds. The molecule has 0 saturated carbocycles. The van der Waals surface area contributed by atoms with Crippen molar-refractivity contribution in [3.05, 3.63) is 71.0 Å². The number of benzene rings is 2. The maximum absolute atomic E-state index is 12.5. The third kappa shape index (κ3) is 3.89. The standard InChI is InChI=1S/C24H22N2O7/c1-31-15-8-9-19(32-2)18(10-15)26-12-17(23(28)29)21-22(26)16(11-20(27)25-21)13-4-6-14(7-5-13)24(30)33-3/h4-10,12,16H,11H2,1-3H3,(H,25,27)(H,28,29)/t16-/m1/s1. The van der Waals surface area contributed by atoms with Crippen LogP contribution in [0, 0.1) is 0 Å². The highest BCUT2D eigenvalue weighted by Crippen LogP contribution is 2.43. The topological polar surface area (TPSA) is 116 Å². The molecule has 9 nitrogen and oxygen atoms in total. The van der Waals surface area contributed by atoms with Gasteiger partial charge in [-0.05, 0) is 29.8 Å². The minimum atomic E-state index is -1.17. The van der Waals surface area contributed by atoms with Crippen molar-refractivity contribution in [3.63, 3.8) is 0 Å². The third-order valence-electron chi connectivity index (χ3n) is 5.64. The molecule has 1 aliphatic rings. The van der Waals surface area contributed by atoms with Crippen molar-refractivity contribution < 1.29 is 33.7 Å². The Morgan fingerprint density at radius 1 is 1.06 bits per heavy atom. The Bertz CT molecular complexity index is 1240. The second-order valence-electron chi connectivity index (χ2n) is 7.43. The number of methoxy groups -OCH3 is 3. The number of ether oxygens (including phenoxy) is 3. The zero-order valence-corrected chi connectivity index (χ0v) is 18.2. The smallest absolute Gasteiger partial charge is 0.339 e. The van der Waals surface area contributed by atoms with Crippen LogP contribution in [0.2, 0.25) is 0 Å². The van der Waals surface area contributed by atoms with Crippen LogP contribution in [0.25, 0.3) is 5.69 Å². The highest BCUT2D eigenvalue weighted by molar-refractivity contribution is 6.04. The van der Waals surface area contributed by atoms with Gasteiger partial charge in [0, 0.05) is 24.6 Å². The number of esters is 1. The van der Waals surface area contributed by atoms with Gasteiger partial charge in [-0.2, -0.15) is 0 Å². The van der Waals surface area contributed by atoms with E-state index < -0.39 is 17.9 Å². The number of nitrogens with zero attached hydrogens (tertiary/aromatic N) is 1. The third-order valence-corrected chi connectivity index (χ3v) is 5.64. The number of carboxylic acids is 1. The summed E-state index contributed by atoms with van der Waals surface area (Å²) >= 11 is 0. The largest absolute Gasteiger partial charge is 0.497 e. The van der Waals surface area contributed by atoms with Crippen LogP contribution in [0.5, 0.6) is 11.5 Å². The quantitative estimate of drug-likeness (QED) is 0.553. The molecule has 2 aromatic carbocycles. The highest BCUT2D eigenvalue weighted by atomic mass is 16.5. The molecule has 0 fully saturated rings. The molecule has 1 aliphatic heterocycles. The Labute approximate surface area is 189 Å². The van der Waals surface area contributed by atoms with Crippen molar-refractivity contribution in [2.45, 2.75) is 12.3 Å². The summed E-state index contributed by atoms with van der Waals surface area (Å²) in [5, 5.41) is 12.5. The Hall–Kier alpha value is -4.27. The maximum Gasteiger partial charge on any atom is 0.339 e. The molecular weight excluding hydrogens is 428 g/mol. The number of nitrogens with one attached hydrogen (secondary N) is 1. The van der Waals surface area contributed by atoms with Crippen molar-refractivity contribution in [2.75, 3.05) is 26.6 Å². The zero-order chi connectivity index (χ0) is 23.7. The fourth-order valence-corrected chi connectivity index (χ4v) is 4.06. The molecule has 3 aromatic rings.